The van der Waals surface area contributed by atoms with Gasteiger partial charge >= 0.3 is 0 Å². The van der Waals surface area contributed by atoms with E-state index in [0.29, 0.717) is 0 Å². The summed E-state index contributed by atoms with van der Waals surface area (Å²) < 4.78 is 0. The molecule has 0 bridgehead atoms. The zero-order valence-electron chi connectivity index (χ0n) is 10.5. The zero-order valence-corrected chi connectivity index (χ0v) is 10.5. The maximum absolute atomic E-state index is 4.62. The first-order valence-electron chi connectivity index (χ1n) is 6.53. The van der Waals surface area contributed by atoms with Crippen molar-refractivity contribution < 1.29 is 0 Å². The molecule has 1 aliphatic heterocycles. The van der Waals surface area contributed by atoms with E-state index in [4.69, 9.17) is 0 Å². The Morgan fingerprint density at radius 1 is 1.11 bits per heavy atom. The van der Waals surface area contributed by atoms with Crippen molar-refractivity contribution in [3.8, 4) is 11.4 Å². The maximum atomic E-state index is 4.62. The molecule has 0 atom stereocenters. The van der Waals surface area contributed by atoms with Crippen LogP contribution >= 0.6 is 0 Å². The highest BCUT2D eigenvalue weighted by molar-refractivity contribution is 5.78. The molecule has 0 amide bonds. The molecule has 94 valence electrons. The summed E-state index contributed by atoms with van der Waals surface area (Å²) in [7, 11) is 0. The summed E-state index contributed by atoms with van der Waals surface area (Å²) in [5.41, 5.74) is 5.90. The first kappa shape index (κ1) is 10.7. The lowest BCUT2D eigenvalue weighted by molar-refractivity contribution is 0.644. The van der Waals surface area contributed by atoms with E-state index in [1.807, 2.05) is 12.3 Å². The molecular formula is C15H14N4. The van der Waals surface area contributed by atoms with Gasteiger partial charge in [0.15, 0.2) is 0 Å². The number of hydrogen-bond donors (Lipinski definition) is 2. The van der Waals surface area contributed by atoms with Gasteiger partial charge in [0, 0.05) is 18.3 Å². The molecule has 3 aromatic rings. The van der Waals surface area contributed by atoms with E-state index in [1.54, 1.807) is 6.20 Å². The number of hydrogen-bond acceptors (Lipinski definition) is 3. The number of imidazole rings is 1. The Morgan fingerprint density at radius 3 is 3.05 bits per heavy atom. The molecule has 0 fully saturated rings. The highest BCUT2D eigenvalue weighted by Gasteiger charge is 2.11. The van der Waals surface area contributed by atoms with Crippen LogP contribution in [-0.4, -0.2) is 21.5 Å². The fraction of sp³-hybridized carbons (Fsp3) is 0.200. The average molecular weight is 250 g/mol. The van der Waals surface area contributed by atoms with Crippen molar-refractivity contribution in [2.45, 2.75) is 13.0 Å². The number of nitrogens with one attached hydrogen (secondary N) is 2. The van der Waals surface area contributed by atoms with E-state index in [1.165, 1.54) is 11.1 Å². The number of benzene rings is 1. The summed E-state index contributed by atoms with van der Waals surface area (Å²) >= 11 is 0. The Morgan fingerprint density at radius 2 is 2.11 bits per heavy atom. The number of rotatable bonds is 1. The Kier molecular flexibility index (Phi) is 2.35. The number of fused-ring (bicyclic) bond motifs is 2. The largest absolute Gasteiger partial charge is 0.337 e. The molecule has 4 rings (SSSR count). The first-order chi connectivity index (χ1) is 9.40. The lowest BCUT2D eigenvalue weighted by Crippen LogP contribution is -2.23. The van der Waals surface area contributed by atoms with Gasteiger partial charge in [-0.25, -0.2) is 4.98 Å². The third kappa shape index (κ3) is 1.81. The summed E-state index contributed by atoms with van der Waals surface area (Å²) in [4.78, 5) is 12.0. The summed E-state index contributed by atoms with van der Waals surface area (Å²) in [6.07, 6.45) is 4.69. The first-order valence-corrected chi connectivity index (χ1v) is 6.53. The third-order valence-electron chi connectivity index (χ3n) is 3.65. The van der Waals surface area contributed by atoms with Crippen molar-refractivity contribution in [2.75, 3.05) is 6.54 Å². The second kappa shape index (κ2) is 4.17. The molecule has 3 heterocycles. The molecule has 1 aliphatic rings. The van der Waals surface area contributed by atoms with E-state index in [0.717, 1.165) is 41.9 Å². The minimum absolute atomic E-state index is 0.913. The zero-order chi connectivity index (χ0) is 12.7. The van der Waals surface area contributed by atoms with Gasteiger partial charge in [0.05, 0.1) is 17.2 Å². The van der Waals surface area contributed by atoms with Crippen molar-refractivity contribution in [3.05, 3.63) is 47.8 Å². The summed E-state index contributed by atoms with van der Waals surface area (Å²) in [5, 5.41) is 3.41. The van der Waals surface area contributed by atoms with Crippen LogP contribution in [0.1, 0.15) is 11.1 Å². The molecule has 0 saturated heterocycles. The highest BCUT2D eigenvalue weighted by atomic mass is 14.9. The van der Waals surface area contributed by atoms with E-state index >= 15 is 0 Å². The van der Waals surface area contributed by atoms with Crippen LogP contribution in [0.4, 0.5) is 0 Å². The second-order valence-electron chi connectivity index (χ2n) is 4.89. The van der Waals surface area contributed by atoms with Gasteiger partial charge in [-0.05, 0) is 36.2 Å². The summed E-state index contributed by atoms with van der Waals surface area (Å²) in [6, 6.07) is 8.52. The van der Waals surface area contributed by atoms with Crippen molar-refractivity contribution in [1.82, 2.24) is 20.3 Å². The SMILES string of the molecule is c1cc2nc(-c3ccc4c(c3)CNCC4)[nH]c2cn1. The number of aromatic amines is 1. The molecule has 2 N–H and O–H groups in total. The molecule has 0 spiro atoms. The lowest BCUT2D eigenvalue weighted by atomic mass is 9.98. The second-order valence-corrected chi connectivity index (χ2v) is 4.89. The van der Waals surface area contributed by atoms with Crippen LogP contribution < -0.4 is 5.32 Å². The van der Waals surface area contributed by atoms with Gasteiger partial charge in [-0.3, -0.25) is 4.98 Å². The number of aromatic nitrogens is 3. The van der Waals surface area contributed by atoms with E-state index in [9.17, 15) is 0 Å². The fourth-order valence-electron chi connectivity index (χ4n) is 2.62. The van der Waals surface area contributed by atoms with Crippen molar-refractivity contribution >= 4 is 11.0 Å². The minimum Gasteiger partial charge on any atom is -0.337 e. The molecule has 0 saturated carbocycles. The van der Waals surface area contributed by atoms with Crippen LogP contribution in [0.5, 0.6) is 0 Å². The quantitative estimate of drug-likeness (QED) is 0.696. The van der Waals surface area contributed by atoms with E-state index in [-0.39, 0.29) is 0 Å². The maximum Gasteiger partial charge on any atom is 0.138 e. The molecule has 4 nitrogen and oxygen atoms in total. The predicted molar refractivity (Wildman–Crippen MR) is 74.7 cm³/mol. The van der Waals surface area contributed by atoms with Gasteiger partial charge in [0.1, 0.15) is 5.82 Å². The van der Waals surface area contributed by atoms with Crippen LogP contribution in [0.2, 0.25) is 0 Å². The molecule has 19 heavy (non-hydrogen) atoms. The molecule has 2 aromatic heterocycles. The molecule has 4 heteroatoms. The molecule has 0 aliphatic carbocycles. The number of pyridine rings is 1. The van der Waals surface area contributed by atoms with Crippen LogP contribution in [-0.2, 0) is 13.0 Å². The minimum atomic E-state index is 0.913. The van der Waals surface area contributed by atoms with Gasteiger partial charge in [0.2, 0.25) is 0 Å². The monoisotopic (exact) mass is 250 g/mol. The topological polar surface area (TPSA) is 53.6 Å². The standard InChI is InChI=1S/C15H14N4/c1-2-11(7-12-8-16-5-3-10(1)12)15-18-13-4-6-17-9-14(13)19-15/h1-2,4,6-7,9,16H,3,5,8H2,(H,18,19). The lowest BCUT2D eigenvalue weighted by Gasteiger charge is -2.17. The number of nitrogens with zero attached hydrogens (tertiary/aromatic N) is 2. The highest BCUT2D eigenvalue weighted by Crippen LogP contribution is 2.24. The van der Waals surface area contributed by atoms with Gasteiger partial charge in [0.25, 0.3) is 0 Å². The smallest absolute Gasteiger partial charge is 0.138 e. The Bertz CT molecular complexity index is 712. The van der Waals surface area contributed by atoms with Gasteiger partial charge in [-0.2, -0.15) is 0 Å². The Balaban J connectivity index is 1.83. The van der Waals surface area contributed by atoms with Gasteiger partial charge in [-0.15, -0.1) is 0 Å². The predicted octanol–water partition coefficient (Wildman–Crippen LogP) is 2.27. The van der Waals surface area contributed by atoms with Crippen molar-refractivity contribution in [1.29, 1.82) is 0 Å². The normalized spacial score (nSPS) is 14.5. The van der Waals surface area contributed by atoms with Crippen LogP contribution in [0.25, 0.3) is 22.4 Å². The molecule has 1 aromatic carbocycles. The van der Waals surface area contributed by atoms with Crippen molar-refractivity contribution in [2.24, 2.45) is 0 Å². The summed E-state index contributed by atoms with van der Waals surface area (Å²) in [5.74, 6) is 0.913. The molecular weight excluding hydrogens is 236 g/mol. The molecule has 0 radical (unpaired) electrons. The van der Waals surface area contributed by atoms with Crippen LogP contribution in [0.3, 0.4) is 0 Å². The van der Waals surface area contributed by atoms with E-state index in [2.05, 4.69) is 38.5 Å². The van der Waals surface area contributed by atoms with E-state index < -0.39 is 0 Å². The molecule has 0 unspecified atom stereocenters. The average Bonchev–Trinajstić information content (AvgIpc) is 2.90. The van der Waals surface area contributed by atoms with Crippen molar-refractivity contribution in [3.63, 3.8) is 0 Å². The third-order valence-corrected chi connectivity index (χ3v) is 3.65. The van der Waals surface area contributed by atoms with Crippen LogP contribution in [0, 0.1) is 0 Å². The van der Waals surface area contributed by atoms with Crippen LogP contribution in [0.15, 0.2) is 36.7 Å². The van der Waals surface area contributed by atoms with Gasteiger partial charge < -0.3 is 10.3 Å². The summed E-state index contributed by atoms with van der Waals surface area (Å²) in [6.45, 7) is 2.02. The fourth-order valence-corrected chi connectivity index (χ4v) is 2.62. The Hall–Kier alpha value is -2.20. The number of H-pyrrole nitrogens is 1. The van der Waals surface area contributed by atoms with Gasteiger partial charge in [-0.1, -0.05) is 12.1 Å². The Labute approximate surface area is 110 Å².